The summed E-state index contributed by atoms with van der Waals surface area (Å²) in [5.74, 6) is 0.936. The average molecular weight is 260 g/mol. The van der Waals surface area contributed by atoms with Crippen LogP contribution in [0.4, 0.5) is 0 Å². The molecular formula is C14H20N4O. The van der Waals surface area contributed by atoms with E-state index in [1.807, 2.05) is 18.2 Å². The highest BCUT2D eigenvalue weighted by Crippen LogP contribution is 2.17. The highest BCUT2D eigenvalue weighted by atomic mass is 16.5. The molecule has 1 aromatic heterocycles. The van der Waals surface area contributed by atoms with E-state index in [0.29, 0.717) is 13.2 Å². The molecule has 102 valence electrons. The van der Waals surface area contributed by atoms with Crippen LogP contribution in [0.2, 0.25) is 0 Å². The second kappa shape index (κ2) is 7.53. The number of nitrogens with zero attached hydrogens (tertiary/aromatic N) is 3. The summed E-state index contributed by atoms with van der Waals surface area (Å²) < 4.78 is 7.57. The van der Waals surface area contributed by atoms with Gasteiger partial charge in [-0.15, -0.1) is 0 Å². The van der Waals surface area contributed by atoms with Crippen LogP contribution < -0.4 is 10.1 Å². The zero-order valence-electron chi connectivity index (χ0n) is 11.2. The predicted octanol–water partition coefficient (Wildman–Crippen LogP) is 1.86. The molecule has 0 fully saturated rings. The SMILES string of the molecule is CCCNCc1ccccc1OCCn1cncn1. The van der Waals surface area contributed by atoms with E-state index in [-0.39, 0.29) is 0 Å². The molecule has 2 aromatic rings. The summed E-state index contributed by atoms with van der Waals surface area (Å²) in [5, 5.41) is 7.43. The zero-order valence-corrected chi connectivity index (χ0v) is 11.2. The third kappa shape index (κ3) is 4.37. The summed E-state index contributed by atoms with van der Waals surface area (Å²) in [7, 11) is 0. The maximum Gasteiger partial charge on any atom is 0.137 e. The van der Waals surface area contributed by atoms with Crippen molar-refractivity contribution in [3.63, 3.8) is 0 Å². The van der Waals surface area contributed by atoms with Gasteiger partial charge in [0.1, 0.15) is 25.0 Å². The van der Waals surface area contributed by atoms with Crippen LogP contribution in [-0.4, -0.2) is 27.9 Å². The van der Waals surface area contributed by atoms with Gasteiger partial charge in [-0.05, 0) is 19.0 Å². The normalized spacial score (nSPS) is 10.6. The van der Waals surface area contributed by atoms with Crippen molar-refractivity contribution >= 4 is 0 Å². The van der Waals surface area contributed by atoms with E-state index in [4.69, 9.17) is 4.74 Å². The Morgan fingerprint density at radius 1 is 1.32 bits per heavy atom. The van der Waals surface area contributed by atoms with E-state index >= 15 is 0 Å². The van der Waals surface area contributed by atoms with Crippen LogP contribution in [0.3, 0.4) is 0 Å². The fraction of sp³-hybridized carbons (Fsp3) is 0.429. The first-order valence-electron chi connectivity index (χ1n) is 6.64. The van der Waals surface area contributed by atoms with Gasteiger partial charge in [0.05, 0.1) is 6.54 Å². The summed E-state index contributed by atoms with van der Waals surface area (Å²) in [4.78, 5) is 3.90. The summed E-state index contributed by atoms with van der Waals surface area (Å²) >= 11 is 0. The molecule has 0 unspecified atom stereocenters. The van der Waals surface area contributed by atoms with Crippen LogP contribution in [0.5, 0.6) is 5.75 Å². The Hall–Kier alpha value is -1.88. The molecule has 1 aromatic carbocycles. The van der Waals surface area contributed by atoms with Gasteiger partial charge in [-0.1, -0.05) is 25.1 Å². The molecule has 5 nitrogen and oxygen atoms in total. The number of aromatic nitrogens is 3. The van der Waals surface area contributed by atoms with Crippen molar-refractivity contribution in [2.45, 2.75) is 26.4 Å². The van der Waals surface area contributed by atoms with Crippen molar-refractivity contribution in [1.82, 2.24) is 20.1 Å². The Kier molecular flexibility index (Phi) is 5.37. The van der Waals surface area contributed by atoms with Crippen molar-refractivity contribution in [1.29, 1.82) is 0 Å². The first-order valence-corrected chi connectivity index (χ1v) is 6.64. The number of rotatable bonds is 8. The highest BCUT2D eigenvalue weighted by molar-refractivity contribution is 5.33. The summed E-state index contributed by atoms with van der Waals surface area (Å²) in [6.07, 6.45) is 4.36. The van der Waals surface area contributed by atoms with E-state index in [2.05, 4.69) is 28.4 Å². The lowest BCUT2D eigenvalue weighted by atomic mass is 10.2. The third-order valence-electron chi connectivity index (χ3n) is 2.76. The number of hydrogen-bond donors (Lipinski definition) is 1. The molecule has 0 spiro atoms. The van der Waals surface area contributed by atoms with E-state index < -0.39 is 0 Å². The molecule has 0 aliphatic carbocycles. The quantitative estimate of drug-likeness (QED) is 0.736. The molecule has 0 radical (unpaired) electrons. The molecule has 2 rings (SSSR count). The minimum absolute atomic E-state index is 0.591. The van der Waals surface area contributed by atoms with Crippen LogP contribution >= 0.6 is 0 Å². The monoisotopic (exact) mass is 260 g/mol. The Morgan fingerprint density at radius 3 is 3.00 bits per heavy atom. The van der Waals surface area contributed by atoms with Gasteiger partial charge in [0, 0.05) is 12.1 Å². The molecule has 0 bridgehead atoms. The van der Waals surface area contributed by atoms with Crippen LogP contribution in [0.1, 0.15) is 18.9 Å². The molecule has 0 amide bonds. The molecule has 19 heavy (non-hydrogen) atoms. The average Bonchev–Trinajstić information content (AvgIpc) is 2.94. The van der Waals surface area contributed by atoms with Gasteiger partial charge in [0.2, 0.25) is 0 Å². The Bertz CT molecular complexity index is 470. The van der Waals surface area contributed by atoms with E-state index in [1.54, 1.807) is 11.0 Å². The van der Waals surface area contributed by atoms with Gasteiger partial charge >= 0.3 is 0 Å². The number of benzene rings is 1. The van der Waals surface area contributed by atoms with Crippen molar-refractivity contribution in [3.05, 3.63) is 42.5 Å². The van der Waals surface area contributed by atoms with E-state index in [1.165, 1.54) is 11.9 Å². The molecule has 0 aliphatic heterocycles. The topological polar surface area (TPSA) is 52.0 Å². The highest BCUT2D eigenvalue weighted by Gasteiger charge is 2.02. The lowest BCUT2D eigenvalue weighted by molar-refractivity contribution is 0.288. The minimum atomic E-state index is 0.591. The molecule has 0 saturated heterocycles. The molecular weight excluding hydrogens is 240 g/mol. The van der Waals surface area contributed by atoms with Crippen molar-refractivity contribution in [2.75, 3.05) is 13.2 Å². The smallest absolute Gasteiger partial charge is 0.137 e. The third-order valence-corrected chi connectivity index (χ3v) is 2.76. The first-order chi connectivity index (χ1) is 9.40. The standard InChI is InChI=1S/C14H20N4O/c1-2-7-15-10-13-5-3-4-6-14(13)19-9-8-18-12-16-11-17-18/h3-6,11-12,15H,2,7-10H2,1H3. The van der Waals surface area contributed by atoms with Gasteiger partial charge in [-0.3, -0.25) is 0 Å². The maximum atomic E-state index is 5.81. The molecule has 0 saturated carbocycles. The van der Waals surface area contributed by atoms with Crippen molar-refractivity contribution < 1.29 is 4.74 Å². The lowest BCUT2D eigenvalue weighted by Gasteiger charge is -2.11. The van der Waals surface area contributed by atoms with Gasteiger partial charge in [0.25, 0.3) is 0 Å². The largest absolute Gasteiger partial charge is 0.491 e. The van der Waals surface area contributed by atoms with Gasteiger partial charge in [0.15, 0.2) is 0 Å². The zero-order chi connectivity index (χ0) is 13.3. The second-order valence-electron chi connectivity index (χ2n) is 4.29. The van der Waals surface area contributed by atoms with Crippen molar-refractivity contribution in [2.24, 2.45) is 0 Å². The van der Waals surface area contributed by atoms with Gasteiger partial charge in [-0.2, -0.15) is 5.10 Å². The van der Waals surface area contributed by atoms with E-state index in [0.717, 1.165) is 25.3 Å². The first kappa shape index (κ1) is 13.5. The summed E-state index contributed by atoms with van der Waals surface area (Å²) in [5.41, 5.74) is 1.19. The maximum absolute atomic E-state index is 5.81. The summed E-state index contributed by atoms with van der Waals surface area (Å²) in [6.45, 7) is 5.32. The molecule has 0 aliphatic rings. The molecule has 5 heteroatoms. The predicted molar refractivity (Wildman–Crippen MR) is 74.0 cm³/mol. The van der Waals surface area contributed by atoms with E-state index in [9.17, 15) is 0 Å². The van der Waals surface area contributed by atoms with Crippen LogP contribution in [-0.2, 0) is 13.1 Å². The second-order valence-corrected chi connectivity index (χ2v) is 4.29. The molecule has 0 atom stereocenters. The molecule has 1 heterocycles. The Morgan fingerprint density at radius 2 is 2.21 bits per heavy atom. The molecule has 1 N–H and O–H groups in total. The fourth-order valence-electron chi connectivity index (χ4n) is 1.79. The number of hydrogen-bond acceptors (Lipinski definition) is 4. The van der Waals surface area contributed by atoms with Crippen LogP contribution in [0.15, 0.2) is 36.9 Å². The Labute approximate surface area is 113 Å². The number of para-hydroxylation sites is 1. The minimum Gasteiger partial charge on any atom is -0.491 e. The lowest BCUT2D eigenvalue weighted by Crippen LogP contribution is -2.15. The van der Waals surface area contributed by atoms with Gasteiger partial charge in [-0.25, -0.2) is 9.67 Å². The van der Waals surface area contributed by atoms with Crippen LogP contribution in [0.25, 0.3) is 0 Å². The number of ether oxygens (including phenoxy) is 1. The van der Waals surface area contributed by atoms with Crippen LogP contribution in [0, 0.1) is 0 Å². The van der Waals surface area contributed by atoms with Crippen molar-refractivity contribution in [3.8, 4) is 5.75 Å². The number of nitrogens with one attached hydrogen (secondary N) is 1. The fourth-order valence-corrected chi connectivity index (χ4v) is 1.79. The summed E-state index contributed by atoms with van der Waals surface area (Å²) in [6, 6.07) is 8.12. The van der Waals surface area contributed by atoms with Gasteiger partial charge < -0.3 is 10.1 Å². The Balaban J connectivity index is 1.84.